The molecule has 0 radical (unpaired) electrons. The molecule has 80 valence electrons. The summed E-state index contributed by atoms with van der Waals surface area (Å²) < 4.78 is 36.3. The molecule has 1 aromatic rings. The Morgan fingerprint density at radius 2 is 1.71 bits per heavy atom. The third kappa shape index (κ3) is 3.54. The van der Waals surface area contributed by atoms with Crippen LogP contribution in [0.25, 0.3) is 0 Å². The summed E-state index contributed by atoms with van der Waals surface area (Å²) >= 11 is 5.39. The Kier molecular flexibility index (Phi) is 4.91. The Hall–Kier alpha value is -0.770. The van der Waals surface area contributed by atoms with Crippen molar-refractivity contribution >= 4 is 11.6 Å². The molecule has 1 aromatic heterocycles. The number of rotatable bonds is 0. The minimum Gasteiger partial charge on any atom is -0.241 e. The molecule has 0 fully saturated rings. The number of hydrogen-bond acceptors (Lipinski definition) is 1. The van der Waals surface area contributed by atoms with E-state index in [1.54, 1.807) is 0 Å². The quantitative estimate of drug-likeness (QED) is 0.606. The Balaban J connectivity index is 0.000000791. The minimum absolute atomic E-state index is 0.0699. The van der Waals surface area contributed by atoms with Gasteiger partial charge in [-0.25, -0.2) is 4.98 Å². The number of pyridine rings is 1. The summed E-state index contributed by atoms with van der Waals surface area (Å²) in [6.45, 7) is 5.27. The lowest BCUT2D eigenvalue weighted by Crippen LogP contribution is -2.08. The van der Waals surface area contributed by atoms with Crippen molar-refractivity contribution in [3.8, 4) is 0 Å². The first-order valence-electron chi connectivity index (χ1n) is 4.11. The Morgan fingerprint density at radius 1 is 1.21 bits per heavy atom. The molecule has 1 heterocycles. The SMILES string of the molecule is CC.Cc1nc(Cl)ccc1C(F)(F)F. The van der Waals surface area contributed by atoms with E-state index in [0.717, 1.165) is 12.1 Å². The van der Waals surface area contributed by atoms with E-state index in [1.807, 2.05) is 13.8 Å². The molecule has 0 N–H and O–H groups in total. The molecule has 0 aliphatic heterocycles. The monoisotopic (exact) mass is 225 g/mol. The molecule has 0 aromatic carbocycles. The number of aromatic nitrogens is 1. The van der Waals surface area contributed by atoms with Crippen molar-refractivity contribution in [3.63, 3.8) is 0 Å². The van der Waals surface area contributed by atoms with Gasteiger partial charge in [-0.05, 0) is 19.1 Å². The molecule has 5 heteroatoms. The van der Waals surface area contributed by atoms with Gasteiger partial charge in [0.1, 0.15) is 5.15 Å². The lowest BCUT2D eigenvalue weighted by molar-refractivity contribution is -0.138. The Morgan fingerprint density at radius 3 is 2.07 bits per heavy atom. The highest BCUT2D eigenvalue weighted by Gasteiger charge is 2.32. The fourth-order valence-electron chi connectivity index (χ4n) is 0.830. The molecule has 14 heavy (non-hydrogen) atoms. The molecule has 1 nitrogen and oxygen atoms in total. The summed E-state index contributed by atoms with van der Waals surface area (Å²) in [5.74, 6) is 0. The summed E-state index contributed by atoms with van der Waals surface area (Å²) in [6.07, 6.45) is -4.35. The molecule has 0 saturated heterocycles. The van der Waals surface area contributed by atoms with Gasteiger partial charge in [0.2, 0.25) is 0 Å². The average molecular weight is 226 g/mol. The van der Waals surface area contributed by atoms with Crippen molar-refractivity contribution in [2.45, 2.75) is 26.9 Å². The van der Waals surface area contributed by atoms with Gasteiger partial charge in [0.15, 0.2) is 0 Å². The zero-order valence-electron chi connectivity index (χ0n) is 8.11. The van der Waals surface area contributed by atoms with E-state index in [0.29, 0.717) is 0 Å². The molecule has 1 rings (SSSR count). The predicted octanol–water partition coefficient (Wildman–Crippen LogP) is 4.09. The minimum atomic E-state index is -4.35. The molecule has 0 saturated carbocycles. The third-order valence-corrected chi connectivity index (χ3v) is 1.57. The highest BCUT2D eigenvalue weighted by molar-refractivity contribution is 6.29. The van der Waals surface area contributed by atoms with Gasteiger partial charge >= 0.3 is 6.18 Å². The second-order valence-electron chi connectivity index (χ2n) is 2.26. The normalized spacial score (nSPS) is 10.5. The first-order chi connectivity index (χ1) is 6.41. The van der Waals surface area contributed by atoms with Gasteiger partial charge in [-0.1, -0.05) is 25.4 Å². The Bertz CT molecular complexity index is 297. The average Bonchev–Trinajstić information content (AvgIpc) is 2.05. The van der Waals surface area contributed by atoms with Crippen LogP contribution in [-0.4, -0.2) is 4.98 Å². The van der Waals surface area contributed by atoms with E-state index in [1.165, 1.54) is 6.92 Å². The molecule has 0 spiro atoms. The largest absolute Gasteiger partial charge is 0.418 e. The number of alkyl halides is 3. The van der Waals surface area contributed by atoms with E-state index in [9.17, 15) is 13.2 Å². The zero-order valence-corrected chi connectivity index (χ0v) is 8.87. The van der Waals surface area contributed by atoms with Gasteiger partial charge < -0.3 is 0 Å². The summed E-state index contributed by atoms with van der Waals surface area (Å²) in [4.78, 5) is 3.49. The number of aryl methyl sites for hydroxylation is 1. The van der Waals surface area contributed by atoms with Crippen molar-refractivity contribution in [2.75, 3.05) is 0 Å². The van der Waals surface area contributed by atoms with Gasteiger partial charge in [0.05, 0.1) is 11.3 Å². The summed E-state index contributed by atoms with van der Waals surface area (Å²) in [5.41, 5.74) is -0.845. The van der Waals surface area contributed by atoms with Gasteiger partial charge in [-0.3, -0.25) is 0 Å². The number of nitrogens with zero attached hydrogens (tertiary/aromatic N) is 1. The van der Waals surface area contributed by atoms with E-state index >= 15 is 0 Å². The standard InChI is InChI=1S/C7H5ClF3N.C2H6/c1-4-5(7(9,10)11)2-3-6(8)12-4;1-2/h2-3H,1H3;1-2H3. The van der Waals surface area contributed by atoms with Crippen LogP contribution in [0.1, 0.15) is 25.1 Å². The maximum Gasteiger partial charge on any atom is 0.418 e. The summed E-state index contributed by atoms with van der Waals surface area (Å²) in [5, 5.41) is 0.0699. The van der Waals surface area contributed by atoms with Gasteiger partial charge in [-0.15, -0.1) is 0 Å². The van der Waals surface area contributed by atoms with Crippen LogP contribution >= 0.6 is 11.6 Å². The van der Waals surface area contributed by atoms with Crippen LogP contribution in [0.5, 0.6) is 0 Å². The van der Waals surface area contributed by atoms with Crippen LogP contribution in [0.2, 0.25) is 5.15 Å². The van der Waals surface area contributed by atoms with E-state index in [2.05, 4.69) is 4.98 Å². The van der Waals surface area contributed by atoms with Crippen LogP contribution in [-0.2, 0) is 6.18 Å². The summed E-state index contributed by atoms with van der Waals surface area (Å²) in [6, 6.07) is 2.04. The maximum absolute atomic E-state index is 12.1. The van der Waals surface area contributed by atoms with Crippen molar-refractivity contribution in [1.82, 2.24) is 4.98 Å². The highest BCUT2D eigenvalue weighted by atomic mass is 35.5. The van der Waals surface area contributed by atoms with E-state index in [-0.39, 0.29) is 10.8 Å². The van der Waals surface area contributed by atoms with E-state index < -0.39 is 11.7 Å². The highest BCUT2D eigenvalue weighted by Crippen LogP contribution is 2.31. The van der Waals surface area contributed by atoms with Crippen molar-refractivity contribution < 1.29 is 13.2 Å². The topological polar surface area (TPSA) is 12.9 Å². The molecular weight excluding hydrogens is 215 g/mol. The lowest BCUT2D eigenvalue weighted by Gasteiger charge is -2.08. The molecule has 0 bridgehead atoms. The molecule has 0 aliphatic rings. The molecule has 0 aliphatic carbocycles. The van der Waals surface area contributed by atoms with Crippen LogP contribution in [0.15, 0.2) is 12.1 Å². The van der Waals surface area contributed by atoms with Crippen molar-refractivity contribution in [3.05, 3.63) is 28.5 Å². The van der Waals surface area contributed by atoms with Crippen LogP contribution in [0.3, 0.4) is 0 Å². The number of hydrogen-bond donors (Lipinski definition) is 0. The second-order valence-corrected chi connectivity index (χ2v) is 2.65. The fourth-order valence-corrected chi connectivity index (χ4v) is 1.02. The number of halogens is 4. The molecule has 0 amide bonds. The van der Waals surface area contributed by atoms with Crippen molar-refractivity contribution in [2.24, 2.45) is 0 Å². The third-order valence-electron chi connectivity index (χ3n) is 1.36. The molecular formula is C9H11ClF3N. The zero-order chi connectivity index (χ0) is 11.4. The van der Waals surface area contributed by atoms with Gasteiger partial charge in [-0.2, -0.15) is 13.2 Å². The predicted molar refractivity (Wildman–Crippen MR) is 50.3 cm³/mol. The smallest absolute Gasteiger partial charge is 0.241 e. The van der Waals surface area contributed by atoms with Crippen molar-refractivity contribution in [1.29, 1.82) is 0 Å². The molecule has 0 unspecified atom stereocenters. The van der Waals surface area contributed by atoms with Crippen LogP contribution < -0.4 is 0 Å². The van der Waals surface area contributed by atoms with Gasteiger partial charge in [0.25, 0.3) is 0 Å². The van der Waals surface area contributed by atoms with Crippen LogP contribution in [0.4, 0.5) is 13.2 Å². The molecule has 0 atom stereocenters. The van der Waals surface area contributed by atoms with Gasteiger partial charge in [0, 0.05) is 0 Å². The first kappa shape index (κ1) is 13.2. The first-order valence-corrected chi connectivity index (χ1v) is 4.49. The lowest BCUT2D eigenvalue weighted by atomic mass is 10.2. The maximum atomic E-state index is 12.1. The summed E-state index contributed by atoms with van der Waals surface area (Å²) in [7, 11) is 0. The van der Waals surface area contributed by atoms with E-state index in [4.69, 9.17) is 11.6 Å². The second kappa shape index (κ2) is 5.20. The Labute approximate surface area is 85.9 Å². The fraction of sp³-hybridized carbons (Fsp3) is 0.444. The van der Waals surface area contributed by atoms with Crippen LogP contribution in [0, 0.1) is 6.92 Å².